The molecule has 0 saturated carbocycles. The van der Waals surface area contributed by atoms with Crippen molar-refractivity contribution in [2.45, 2.75) is 13.8 Å². The Morgan fingerprint density at radius 1 is 1.62 bits per heavy atom. The molecule has 5 nitrogen and oxygen atoms in total. The smallest absolute Gasteiger partial charge is 0.332 e. The molecule has 0 aliphatic rings. The van der Waals surface area contributed by atoms with Crippen molar-refractivity contribution in [3.63, 3.8) is 0 Å². The molecule has 2 amide bonds. The normalized spacial score (nSPS) is 10.7. The molecule has 0 atom stereocenters. The lowest BCUT2D eigenvalue weighted by Crippen LogP contribution is -2.24. The molecule has 0 radical (unpaired) electrons. The van der Waals surface area contributed by atoms with Crippen molar-refractivity contribution < 1.29 is 9.90 Å². The number of carbonyl (C=O) groups excluding carboxylic acids is 1. The minimum absolute atomic E-state index is 0.0805. The Kier molecular flexibility index (Phi) is 3.73. The monoisotopic (exact) mass is 241 g/mol. The number of aryl methyl sites for hydroxylation is 1. The van der Waals surface area contributed by atoms with Gasteiger partial charge in [0.25, 0.3) is 0 Å². The highest BCUT2D eigenvalue weighted by atomic mass is 35.5. The van der Waals surface area contributed by atoms with Gasteiger partial charge in [-0.2, -0.15) is 5.10 Å². The van der Waals surface area contributed by atoms with E-state index in [2.05, 4.69) is 5.10 Å². The van der Waals surface area contributed by atoms with Gasteiger partial charge in [0.15, 0.2) is 0 Å². The number of hydrogen-bond donors (Lipinski definition) is 3. The van der Waals surface area contributed by atoms with Gasteiger partial charge in [-0.3, -0.25) is 0 Å². The summed E-state index contributed by atoms with van der Waals surface area (Å²) in [6.07, 6.45) is 1.30. The van der Waals surface area contributed by atoms with Crippen molar-refractivity contribution in [2.75, 3.05) is 0 Å². The van der Waals surface area contributed by atoms with Crippen LogP contribution in [0.5, 0.6) is 5.75 Å². The Bertz CT molecular complexity index is 432. The maximum Gasteiger partial charge on any atom is 0.332 e. The third-order valence-electron chi connectivity index (χ3n) is 2.10. The summed E-state index contributed by atoms with van der Waals surface area (Å²) in [6.45, 7) is 3.46. The van der Waals surface area contributed by atoms with E-state index >= 15 is 0 Å². The van der Waals surface area contributed by atoms with Crippen molar-refractivity contribution in [1.82, 2.24) is 5.43 Å². The van der Waals surface area contributed by atoms with Crippen LogP contribution >= 0.6 is 11.6 Å². The third kappa shape index (κ3) is 2.64. The molecule has 0 aliphatic heterocycles. The number of aromatic hydroxyl groups is 1. The molecular weight excluding hydrogens is 230 g/mol. The molecule has 0 bridgehead atoms. The van der Waals surface area contributed by atoms with E-state index in [0.29, 0.717) is 21.7 Å². The molecule has 4 N–H and O–H groups in total. The predicted octanol–water partition coefficient (Wildman–Crippen LogP) is 1.66. The van der Waals surface area contributed by atoms with Gasteiger partial charge in [0, 0.05) is 10.6 Å². The number of nitrogens with two attached hydrogens (primary N) is 1. The zero-order valence-corrected chi connectivity index (χ0v) is 9.67. The Labute approximate surface area is 97.9 Å². The number of hydrogen-bond acceptors (Lipinski definition) is 3. The molecule has 6 heteroatoms. The van der Waals surface area contributed by atoms with Crippen LogP contribution in [0.15, 0.2) is 11.2 Å². The van der Waals surface area contributed by atoms with Crippen molar-refractivity contribution in [1.29, 1.82) is 0 Å². The highest BCUT2D eigenvalue weighted by molar-refractivity contribution is 6.31. The number of benzene rings is 1. The quantitative estimate of drug-likeness (QED) is 0.543. The number of primary amides is 1. The van der Waals surface area contributed by atoms with Crippen LogP contribution in [0, 0.1) is 13.8 Å². The maximum absolute atomic E-state index is 10.4. The molecule has 0 spiro atoms. The van der Waals surface area contributed by atoms with Gasteiger partial charge in [0.05, 0.1) is 6.21 Å². The fourth-order valence-corrected chi connectivity index (χ4v) is 1.47. The molecule has 0 saturated heterocycles. The topological polar surface area (TPSA) is 87.7 Å². The number of carbonyl (C=O) groups is 1. The number of nitrogens with zero attached hydrogens (tertiary/aromatic N) is 1. The Balaban J connectivity index is 3.12. The van der Waals surface area contributed by atoms with E-state index in [-0.39, 0.29) is 5.75 Å². The van der Waals surface area contributed by atoms with Crippen LogP contribution in [-0.2, 0) is 0 Å². The van der Waals surface area contributed by atoms with E-state index in [4.69, 9.17) is 17.3 Å². The van der Waals surface area contributed by atoms with E-state index in [1.165, 1.54) is 6.21 Å². The SMILES string of the molecule is Cc1cc(Cl)c(C)c(C=NNC(N)=O)c1O. The van der Waals surface area contributed by atoms with Crippen LogP contribution < -0.4 is 11.2 Å². The number of urea groups is 1. The molecule has 0 aliphatic carbocycles. The molecule has 1 aromatic carbocycles. The molecule has 0 aromatic heterocycles. The zero-order chi connectivity index (χ0) is 12.3. The summed E-state index contributed by atoms with van der Waals surface area (Å²) in [6, 6.07) is 0.887. The van der Waals surface area contributed by atoms with Crippen LogP contribution in [0.2, 0.25) is 5.02 Å². The van der Waals surface area contributed by atoms with Crippen LogP contribution in [-0.4, -0.2) is 17.4 Å². The van der Waals surface area contributed by atoms with Crippen LogP contribution in [0.3, 0.4) is 0 Å². The number of nitrogens with one attached hydrogen (secondary N) is 1. The van der Waals surface area contributed by atoms with Gasteiger partial charge in [-0.15, -0.1) is 0 Å². The second-order valence-electron chi connectivity index (χ2n) is 3.30. The maximum atomic E-state index is 10.4. The fourth-order valence-electron chi connectivity index (χ4n) is 1.20. The first-order chi connectivity index (χ1) is 7.43. The summed E-state index contributed by atoms with van der Waals surface area (Å²) in [4.78, 5) is 10.4. The number of amides is 2. The van der Waals surface area contributed by atoms with E-state index < -0.39 is 6.03 Å². The average molecular weight is 242 g/mol. The summed E-state index contributed by atoms with van der Waals surface area (Å²) in [5.41, 5.74) is 8.65. The summed E-state index contributed by atoms with van der Waals surface area (Å²) >= 11 is 5.95. The first-order valence-electron chi connectivity index (χ1n) is 4.50. The molecule has 0 fully saturated rings. The van der Waals surface area contributed by atoms with Crippen molar-refractivity contribution in [2.24, 2.45) is 10.8 Å². The first-order valence-corrected chi connectivity index (χ1v) is 4.88. The van der Waals surface area contributed by atoms with Gasteiger partial charge in [0.2, 0.25) is 0 Å². The minimum Gasteiger partial charge on any atom is -0.507 e. The molecule has 16 heavy (non-hydrogen) atoms. The first kappa shape index (κ1) is 12.3. The van der Waals surface area contributed by atoms with Crippen LogP contribution in [0.4, 0.5) is 4.79 Å². The molecule has 1 rings (SSSR count). The molecule has 1 aromatic rings. The van der Waals surface area contributed by atoms with E-state index in [0.717, 1.165) is 0 Å². The largest absolute Gasteiger partial charge is 0.507 e. The van der Waals surface area contributed by atoms with Gasteiger partial charge < -0.3 is 10.8 Å². The second-order valence-corrected chi connectivity index (χ2v) is 3.70. The Hall–Kier alpha value is -1.75. The number of phenols is 1. The lowest BCUT2D eigenvalue weighted by Gasteiger charge is -2.08. The summed E-state index contributed by atoms with van der Waals surface area (Å²) in [5.74, 6) is 0.0805. The molecule has 0 heterocycles. The van der Waals surface area contributed by atoms with Gasteiger partial charge in [-0.05, 0) is 31.0 Å². The predicted molar refractivity (Wildman–Crippen MR) is 62.9 cm³/mol. The van der Waals surface area contributed by atoms with Gasteiger partial charge in [0.1, 0.15) is 5.75 Å². The number of phenolic OH excluding ortho intramolecular Hbond substituents is 1. The highest BCUT2D eigenvalue weighted by Gasteiger charge is 2.09. The van der Waals surface area contributed by atoms with Crippen LogP contribution in [0.25, 0.3) is 0 Å². The Morgan fingerprint density at radius 2 is 2.25 bits per heavy atom. The van der Waals surface area contributed by atoms with Crippen molar-refractivity contribution in [3.8, 4) is 5.75 Å². The van der Waals surface area contributed by atoms with Crippen molar-refractivity contribution in [3.05, 3.63) is 27.8 Å². The number of halogens is 1. The third-order valence-corrected chi connectivity index (χ3v) is 2.50. The standard InChI is InChI=1S/C10H12ClN3O2/c1-5-3-8(11)6(2)7(9(5)15)4-13-14-10(12)16/h3-4,15H,1-2H3,(H3,12,14,16). The van der Waals surface area contributed by atoms with E-state index in [9.17, 15) is 9.90 Å². The minimum atomic E-state index is -0.771. The number of rotatable bonds is 2. The van der Waals surface area contributed by atoms with Crippen molar-refractivity contribution >= 4 is 23.8 Å². The highest BCUT2D eigenvalue weighted by Crippen LogP contribution is 2.29. The fraction of sp³-hybridized carbons (Fsp3) is 0.200. The summed E-state index contributed by atoms with van der Waals surface area (Å²) in [5, 5.41) is 13.9. The van der Waals surface area contributed by atoms with Gasteiger partial charge >= 0.3 is 6.03 Å². The molecule has 86 valence electrons. The molecular formula is C10H12ClN3O2. The van der Waals surface area contributed by atoms with E-state index in [1.54, 1.807) is 19.9 Å². The Morgan fingerprint density at radius 3 is 2.81 bits per heavy atom. The zero-order valence-electron chi connectivity index (χ0n) is 8.91. The summed E-state index contributed by atoms with van der Waals surface area (Å²) < 4.78 is 0. The number of hydrazone groups is 1. The lowest BCUT2D eigenvalue weighted by atomic mass is 10.0. The summed E-state index contributed by atoms with van der Waals surface area (Å²) in [7, 11) is 0. The van der Waals surface area contributed by atoms with Gasteiger partial charge in [-0.25, -0.2) is 10.2 Å². The molecule has 0 unspecified atom stereocenters. The van der Waals surface area contributed by atoms with Crippen LogP contribution in [0.1, 0.15) is 16.7 Å². The van der Waals surface area contributed by atoms with Gasteiger partial charge in [-0.1, -0.05) is 11.6 Å². The lowest BCUT2D eigenvalue weighted by molar-refractivity contribution is 0.249. The second kappa shape index (κ2) is 4.85. The average Bonchev–Trinajstić information content (AvgIpc) is 2.20. The van der Waals surface area contributed by atoms with E-state index in [1.807, 2.05) is 5.43 Å².